The second kappa shape index (κ2) is 10.0. The Morgan fingerprint density at radius 3 is 2.14 bits per heavy atom. The Kier molecular flexibility index (Phi) is 7.03. The number of benzene rings is 2. The van der Waals surface area contributed by atoms with Crippen molar-refractivity contribution in [2.75, 3.05) is 12.4 Å². The van der Waals surface area contributed by atoms with Gasteiger partial charge in [0.25, 0.3) is 11.8 Å². The van der Waals surface area contributed by atoms with E-state index < -0.39 is 35.5 Å². The molecule has 0 saturated heterocycles. The zero-order valence-electron chi connectivity index (χ0n) is 20.3. The molecule has 186 valence electrons. The molecule has 0 unspecified atom stereocenters. The predicted octanol–water partition coefficient (Wildman–Crippen LogP) is 5.30. The highest BCUT2D eigenvalue weighted by atomic mass is 32.1. The second-order valence-electron chi connectivity index (χ2n) is 8.90. The van der Waals surface area contributed by atoms with Crippen molar-refractivity contribution in [2.24, 2.45) is 5.92 Å². The number of rotatable bonds is 7. The summed E-state index contributed by atoms with van der Waals surface area (Å²) in [6, 6.07) is 11.0. The number of imide groups is 1. The van der Waals surface area contributed by atoms with Gasteiger partial charge in [-0.15, -0.1) is 11.3 Å². The molecule has 3 aromatic rings. The molecule has 0 radical (unpaired) electrons. The highest BCUT2D eigenvalue weighted by Gasteiger charge is 2.43. The molecule has 1 aliphatic heterocycles. The third-order valence-electron chi connectivity index (χ3n) is 5.98. The molecule has 0 saturated carbocycles. The lowest BCUT2D eigenvalue weighted by molar-refractivity contribution is -0.120. The molecule has 0 spiro atoms. The van der Waals surface area contributed by atoms with Gasteiger partial charge in [0.2, 0.25) is 5.91 Å². The molecular formula is C27H25FN2O5S. The quantitative estimate of drug-likeness (QED) is 0.345. The number of hydrogen-bond acceptors (Lipinski definition) is 6. The summed E-state index contributed by atoms with van der Waals surface area (Å²) in [4.78, 5) is 54.3. The number of carbonyl (C=O) groups is 4. The highest BCUT2D eigenvalue weighted by molar-refractivity contribution is 7.17. The van der Waals surface area contributed by atoms with E-state index in [1.807, 2.05) is 13.8 Å². The zero-order valence-corrected chi connectivity index (χ0v) is 21.1. The van der Waals surface area contributed by atoms with Gasteiger partial charge in [-0.25, -0.2) is 9.18 Å². The number of nitrogens with one attached hydrogen (secondary N) is 1. The molecule has 1 aliphatic rings. The van der Waals surface area contributed by atoms with E-state index in [9.17, 15) is 23.6 Å². The summed E-state index contributed by atoms with van der Waals surface area (Å²) in [5.41, 5.74) is 1.74. The van der Waals surface area contributed by atoms with E-state index in [0.29, 0.717) is 16.0 Å². The molecule has 2 aromatic carbocycles. The van der Waals surface area contributed by atoms with Crippen molar-refractivity contribution in [3.8, 4) is 11.1 Å². The van der Waals surface area contributed by atoms with Gasteiger partial charge in [-0.2, -0.15) is 0 Å². The van der Waals surface area contributed by atoms with E-state index in [-0.39, 0.29) is 34.0 Å². The minimum absolute atomic E-state index is 0.00927. The molecule has 0 bridgehead atoms. The van der Waals surface area contributed by atoms with Gasteiger partial charge in [-0.3, -0.25) is 19.3 Å². The van der Waals surface area contributed by atoms with Crippen LogP contribution < -0.4 is 5.32 Å². The van der Waals surface area contributed by atoms with Gasteiger partial charge in [0, 0.05) is 10.4 Å². The van der Waals surface area contributed by atoms with Gasteiger partial charge >= 0.3 is 5.97 Å². The fourth-order valence-corrected chi connectivity index (χ4v) is 5.42. The Labute approximate surface area is 211 Å². The number of aryl methyl sites for hydroxylation is 1. The van der Waals surface area contributed by atoms with Crippen LogP contribution in [0.2, 0.25) is 0 Å². The molecule has 2 heterocycles. The number of carbonyl (C=O) groups excluding carboxylic acids is 4. The van der Waals surface area contributed by atoms with Crippen molar-refractivity contribution < 1.29 is 28.3 Å². The third kappa shape index (κ3) is 4.54. The average molecular weight is 509 g/mol. The van der Waals surface area contributed by atoms with E-state index in [4.69, 9.17) is 4.74 Å². The number of fused-ring (bicyclic) bond motifs is 1. The van der Waals surface area contributed by atoms with Gasteiger partial charge in [-0.05, 0) is 49.1 Å². The van der Waals surface area contributed by atoms with Gasteiger partial charge in [0.1, 0.15) is 22.4 Å². The van der Waals surface area contributed by atoms with Crippen molar-refractivity contribution in [1.29, 1.82) is 0 Å². The fraction of sp³-hybridized carbons (Fsp3) is 0.259. The number of hydrogen-bond donors (Lipinski definition) is 1. The lowest BCUT2D eigenvalue weighted by Gasteiger charge is -2.26. The molecule has 4 rings (SSSR count). The van der Waals surface area contributed by atoms with Crippen LogP contribution >= 0.6 is 11.3 Å². The third-order valence-corrected chi connectivity index (χ3v) is 7.00. The van der Waals surface area contributed by atoms with E-state index in [1.165, 1.54) is 19.2 Å². The summed E-state index contributed by atoms with van der Waals surface area (Å²) in [5.74, 6) is -2.74. The highest BCUT2D eigenvalue weighted by Crippen LogP contribution is 2.41. The number of methoxy groups -OCH3 is 1. The maximum Gasteiger partial charge on any atom is 0.341 e. The molecule has 1 aromatic heterocycles. The van der Waals surface area contributed by atoms with Gasteiger partial charge in [0.15, 0.2) is 0 Å². The number of anilines is 1. The first-order valence-electron chi connectivity index (χ1n) is 11.4. The van der Waals surface area contributed by atoms with Crippen molar-refractivity contribution >= 4 is 40.0 Å². The van der Waals surface area contributed by atoms with Gasteiger partial charge < -0.3 is 10.1 Å². The lowest BCUT2D eigenvalue weighted by atomic mass is 10.00. The normalized spacial score (nSPS) is 13.7. The maximum absolute atomic E-state index is 13.6. The molecule has 0 fully saturated rings. The standard InChI is InChI=1S/C27H25FN2O5S/c1-14(2)13-20(30-25(32)18-7-5-6-8-19(18)26(30)33)23(31)29-24-22(27(34)35-4)21(15(3)36-24)16-9-11-17(28)12-10-16/h5-12,14,20H,13H2,1-4H3,(H,29,31)/t20-/m1/s1. The average Bonchev–Trinajstić information content (AvgIpc) is 3.30. The van der Waals surface area contributed by atoms with Crippen LogP contribution in [-0.4, -0.2) is 41.7 Å². The summed E-state index contributed by atoms with van der Waals surface area (Å²) >= 11 is 1.16. The van der Waals surface area contributed by atoms with Crippen LogP contribution in [-0.2, 0) is 9.53 Å². The summed E-state index contributed by atoms with van der Waals surface area (Å²) in [5, 5.41) is 3.01. The van der Waals surface area contributed by atoms with Gasteiger partial charge in [0.05, 0.1) is 18.2 Å². The zero-order chi connectivity index (χ0) is 26.1. The molecule has 7 nitrogen and oxygen atoms in total. The maximum atomic E-state index is 13.6. The van der Waals surface area contributed by atoms with Crippen molar-refractivity contribution in [3.63, 3.8) is 0 Å². The first kappa shape index (κ1) is 25.2. The summed E-state index contributed by atoms with van der Waals surface area (Å²) in [7, 11) is 1.23. The topological polar surface area (TPSA) is 92.8 Å². The van der Waals surface area contributed by atoms with Crippen molar-refractivity contribution in [1.82, 2.24) is 4.90 Å². The van der Waals surface area contributed by atoms with Crippen LogP contribution in [0, 0.1) is 18.7 Å². The molecule has 9 heteroatoms. The van der Waals surface area contributed by atoms with Crippen LogP contribution in [0.4, 0.5) is 9.39 Å². The molecule has 36 heavy (non-hydrogen) atoms. The molecule has 0 aliphatic carbocycles. The van der Waals surface area contributed by atoms with Crippen LogP contribution in [0.1, 0.15) is 56.2 Å². The molecule has 3 amide bonds. The van der Waals surface area contributed by atoms with E-state index >= 15 is 0 Å². The lowest BCUT2D eigenvalue weighted by Crippen LogP contribution is -2.48. The number of esters is 1. The molecule has 1 atom stereocenters. The minimum atomic E-state index is -1.08. The van der Waals surface area contributed by atoms with E-state index in [0.717, 1.165) is 16.2 Å². The Balaban J connectivity index is 1.73. The summed E-state index contributed by atoms with van der Waals surface area (Å²) in [6.45, 7) is 5.56. The number of halogens is 1. The Morgan fingerprint density at radius 1 is 1.03 bits per heavy atom. The van der Waals surface area contributed by atoms with Crippen LogP contribution in [0.3, 0.4) is 0 Å². The number of nitrogens with zero attached hydrogens (tertiary/aromatic N) is 1. The van der Waals surface area contributed by atoms with Crippen LogP contribution in [0.5, 0.6) is 0 Å². The van der Waals surface area contributed by atoms with E-state index in [2.05, 4.69) is 5.32 Å². The predicted molar refractivity (Wildman–Crippen MR) is 135 cm³/mol. The second-order valence-corrected chi connectivity index (χ2v) is 10.1. The van der Waals surface area contributed by atoms with Crippen molar-refractivity contribution in [3.05, 3.63) is 75.9 Å². The minimum Gasteiger partial charge on any atom is -0.465 e. The largest absolute Gasteiger partial charge is 0.465 e. The Hall–Kier alpha value is -3.85. The number of ether oxygens (including phenoxy) is 1. The van der Waals surface area contributed by atoms with Crippen LogP contribution in [0.25, 0.3) is 11.1 Å². The monoisotopic (exact) mass is 508 g/mol. The van der Waals surface area contributed by atoms with Gasteiger partial charge in [-0.1, -0.05) is 38.1 Å². The number of thiophene rings is 1. The first-order valence-corrected chi connectivity index (χ1v) is 12.2. The summed E-state index contributed by atoms with van der Waals surface area (Å²) < 4.78 is 18.5. The molecule has 1 N–H and O–H groups in total. The Morgan fingerprint density at radius 2 is 1.61 bits per heavy atom. The summed E-state index contributed by atoms with van der Waals surface area (Å²) in [6.07, 6.45) is 0.236. The van der Waals surface area contributed by atoms with Crippen molar-refractivity contribution in [2.45, 2.75) is 33.2 Å². The van der Waals surface area contributed by atoms with Crippen LogP contribution in [0.15, 0.2) is 48.5 Å². The Bertz CT molecular complexity index is 1330. The number of amides is 3. The fourth-order valence-electron chi connectivity index (χ4n) is 4.36. The van der Waals surface area contributed by atoms with E-state index in [1.54, 1.807) is 43.3 Å². The smallest absolute Gasteiger partial charge is 0.341 e. The molecular weight excluding hydrogens is 483 g/mol. The SMILES string of the molecule is COC(=O)c1c(NC(=O)[C@@H](CC(C)C)N2C(=O)c3ccccc3C2=O)sc(C)c1-c1ccc(F)cc1. The first-order chi connectivity index (χ1) is 17.1.